The van der Waals surface area contributed by atoms with Gasteiger partial charge in [0, 0.05) is 40.4 Å². The number of anilines is 1. The van der Waals surface area contributed by atoms with Crippen molar-refractivity contribution >= 4 is 21.7 Å². The van der Waals surface area contributed by atoms with Gasteiger partial charge >= 0.3 is 0 Å². The summed E-state index contributed by atoms with van der Waals surface area (Å²) in [7, 11) is 1.53. The standard InChI is InChI=1S/C18H24N4O3S/c1-14-7-9-15(10-8-14)26(24,25)22(4)13-12-20-18(23)16-6-5-11-19-17(16)21(2)3/h5-11H,12-13H2,1-4H3,(H,20,23). The lowest BCUT2D eigenvalue weighted by molar-refractivity contribution is 0.0952. The van der Waals surface area contributed by atoms with Crippen LogP contribution in [-0.4, -0.2) is 57.8 Å². The summed E-state index contributed by atoms with van der Waals surface area (Å²) in [4.78, 5) is 18.5. The van der Waals surface area contributed by atoms with Crippen molar-refractivity contribution in [2.45, 2.75) is 11.8 Å². The molecule has 8 heteroatoms. The van der Waals surface area contributed by atoms with E-state index in [0.29, 0.717) is 11.4 Å². The fourth-order valence-corrected chi connectivity index (χ4v) is 3.53. The largest absolute Gasteiger partial charge is 0.362 e. The molecule has 0 radical (unpaired) electrons. The van der Waals surface area contributed by atoms with Crippen LogP contribution >= 0.6 is 0 Å². The molecular weight excluding hydrogens is 352 g/mol. The summed E-state index contributed by atoms with van der Waals surface area (Å²) in [5.41, 5.74) is 1.44. The highest BCUT2D eigenvalue weighted by atomic mass is 32.2. The number of nitrogens with one attached hydrogen (secondary N) is 1. The molecule has 0 bridgehead atoms. The highest BCUT2D eigenvalue weighted by Crippen LogP contribution is 2.15. The summed E-state index contributed by atoms with van der Waals surface area (Å²) in [5.74, 6) is 0.272. The Bertz CT molecular complexity index is 864. The molecule has 0 aliphatic heterocycles. The molecule has 1 amide bonds. The van der Waals surface area contributed by atoms with Crippen molar-refractivity contribution in [3.63, 3.8) is 0 Å². The summed E-state index contributed by atoms with van der Waals surface area (Å²) in [5, 5.41) is 2.75. The molecule has 0 unspecified atom stereocenters. The maximum Gasteiger partial charge on any atom is 0.255 e. The second kappa shape index (κ2) is 8.29. The van der Waals surface area contributed by atoms with Crippen LogP contribution in [-0.2, 0) is 10.0 Å². The number of hydrogen-bond donors (Lipinski definition) is 1. The fraction of sp³-hybridized carbons (Fsp3) is 0.333. The molecule has 0 atom stereocenters. The molecule has 0 spiro atoms. The molecule has 1 N–H and O–H groups in total. The second-order valence-electron chi connectivity index (χ2n) is 6.16. The van der Waals surface area contributed by atoms with Crippen LogP contribution in [0.1, 0.15) is 15.9 Å². The van der Waals surface area contributed by atoms with E-state index in [1.54, 1.807) is 61.6 Å². The first-order valence-electron chi connectivity index (χ1n) is 8.17. The lowest BCUT2D eigenvalue weighted by Crippen LogP contribution is -2.36. The van der Waals surface area contributed by atoms with Crippen molar-refractivity contribution in [1.82, 2.24) is 14.6 Å². The molecule has 1 heterocycles. The summed E-state index contributed by atoms with van der Waals surface area (Å²) < 4.78 is 26.3. The molecule has 7 nitrogen and oxygen atoms in total. The number of aromatic nitrogens is 1. The Morgan fingerprint density at radius 3 is 2.38 bits per heavy atom. The van der Waals surface area contributed by atoms with Crippen molar-refractivity contribution in [1.29, 1.82) is 0 Å². The van der Waals surface area contributed by atoms with Gasteiger partial charge < -0.3 is 10.2 Å². The van der Waals surface area contributed by atoms with Crippen LogP contribution in [0.15, 0.2) is 47.5 Å². The number of aryl methyl sites for hydroxylation is 1. The summed E-state index contributed by atoms with van der Waals surface area (Å²) in [6, 6.07) is 10.1. The van der Waals surface area contributed by atoms with Gasteiger partial charge in [0.1, 0.15) is 5.82 Å². The molecule has 1 aromatic heterocycles. The number of carbonyl (C=O) groups is 1. The van der Waals surface area contributed by atoms with Crippen LogP contribution in [0, 0.1) is 6.92 Å². The quantitative estimate of drug-likeness (QED) is 0.792. The zero-order valence-corrected chi connectivity index (χ0v) is 16.2. The SMILES string of the molecule is Cc1ccc(S(=O)(=O)N(C)CCNC(=O)c2cccnc2N(C)C)cc1. The number of benzene rings is 1. The molecule has 0 aliphatic rings. The first-order chi connectivity index (χ1) is 12.2. The number of likely N-dealkylation sites (N-methyl/N-ethyl adjacent to an activating group) is 1. The van der Waals surface area contributed by atoms with Crippen LogP contribution in [0.3, 0.4) is 0 Å². The zero-order chi connectivity index (χ0) is 19.3. The van der Waals surface area contributed by atoms with Crippen LogP contribution in [0.25, 0.3) is 0 Å². The van der Waals surface area contributed by atoms with Crippen LogP contribution in [0.4, 0.5) is 5.82 Å². The van der Waals surface area contributed by atoms with Gasteiger partial charge in [-0.05, 0) is 31.2 Å². The van der Waals surface area contributed by atoms with Crippen molar-refractivity contribution in [3.05, 3.63) is 53.7 Å². The number of pyridine rings is 1. The topological polar surface area (TPSA) is 82.6 Å². The molecular formula is C18H24N4O3S. The number of hydrogen-bond acceptors (Lipinski definition) is 5. The average Bonchev–Trinajstić information content (AvgIpc) is 2.61. The third-order valence-electron chi connectivity index (χ3n) is 3.90. The van der Waals surface area contributed by atoms with E-state index in [9.17, 15) is 13.2 Å². The second-order valence-corrected chi connectivity index (χ2v) is 8.21. The number of rotatable bonds is 7. The molecule has 2 rings (SSSR count). The Balaban J connectivity index is 1.99. The summed E-state index contributed by atoms with van der Waals surface area (Å²) in [6.07, 6.45) is 1.62. The van der Waals surface area contributed by atoms with Gasteiger partial charge in [-0.15, -0.1) is 0 Å². The van der Waals surface area contributed by atoms with Gasteiger partial charge in [0.2, 0.25) is 10.0 Å². The van der Waals surface area contributed by atoms with Crippen LogP contribution < -0.4 is 10.2 Å². The third kappa shape index (κ3) is 4.59. The smallest absolute Gasteiger partial charge is 0.255 e. The van der Waals surface area contributed by atoms with E-state index in [1.807, 2.05) is 6.92 Å². The van der Waals surface area contributed by atoms with Gasteiger partial charge in [0.25, 0.3) is 5.91 Å². The van der Waals surface area contributed by atoms with E-state index in [1.165, 1.54) is 11.4 Å². The maximum absolute atomic E-state index is 12.5. The Morgan fingerprint density at radius 2 is 1.77 bits per heavy atom. The van der Waals surface area contributed by atoms with Crippen molar-refractivity contribution < 1.29 is 13.2 Å². The summed E-state index contributed by atoms with van der Waals surface area (Å²) in [6.45, 7) is 2.26. The summed E-state index contributed by atoms with van der Waals surface area (Å²) >= 11 is 0. The highest BCUT2D eigenvalue weighted by molar-refractivity contribution is 7.89. The first kappa shape index (κ1) is 19.9. The Morgan fingerprint density at radius 1 is 1.12 bits per heavy atom. The third-order valence-corrected chi connectivity index (χ3v) is 5.77. The lowest BCUT2D eigenvalue weighted by atomic mass is 10.2. The number of amides is 1. The van der Waals surface area contributed by atoms with E-state index in [0.717, 1.165) is 5.56 Å². The lowest BCUT2D eigenvalue weighted by Gasteiger charge is -2.18. The highest BCUT2D eigenvalue weighted by Gasteiger charge is 2.20. The minimum absolute atomic E-state index is 0.166. The van der Waals surface area contributed by atoms with Gasteiger partial charge in [-0.25, -0.2) is 13.4 Å². The molecule has 26 heavy (non-hydrogen) atoms. The van der Waals surface area contributed by atoms with Gasteiger partial charge in [0.05, 0.1) is 10.5 Å². The fourth-order valence-electron chi connectivity index (χ4n) is 2.36. The minimum atomic E-state index is -3.58. The predicted octanol–water partition coefficient (Wildman–Crippen LogP) is 1.51. The number of nitrogens with zero attached hydrogens (tertiary/aromatic N) is 3. The van der Waals surface area contributed by atoms with Crippen LogP contribution in [0.2, 0.25) is 0 Å². The Hall–Kier alpha value is -2.45. The van der Waals surface area contributed by atoms with E-state index in [-0.39, 0.29) is 23.9 Å². The zero-order valence-electron chi connectivity index (χ0n) is 15.4. The van der Waals surface area contributed by atoms with Gasteiger partial charge in [0.15, 0.2) is 0 Å². The van der Waals surface area contributed by atoms with Gasteiger partial charge in [-0.1, -0.05) is 17.7 Å². The number of sulfonamides is 1. The number of carbonyl (C=O) groups excluding carboxylic acids is 1. The normalized spacial score (nSPS) is 11.4. The Kier molecular flexibility index (Phi) is 6.33. The molecule has 2 aromatic rings. The van der Waals surface area contributed by atoms with Crippen molar-refractivity contribution in [2.75, 3.05) is 39.1 Å². The van der Waals surface area contributed by atoms with Gasteiger partial charge in [-0.3, -0.25) is 4.79 Å². The predicted molar refractivity (Wildman–Crippen MR) is 102 cm³/mol. The monoisotopic (exact) mass is 376 g/mol. The van der Waals surface area contributed by atoms with E-state index >= 15 is 0 Å². The first-order valence-corrected chi connectivity index (χ1v) is 9.61. The molecule has 0 saturated heterocycles. The maximum atomic E-state index is 12.5. The Labute approximate surface area is 154 Å². The van der Waals surface area contributed by atoms with Crippen molar-refractivity contribution in [2.24, 2.45) is 0 Å². The van der Waals surface area contributed by atoms with Crippen LogP contribution in [0.5, 0.6) is 0 Å². The molecule has 0 fully saturated rings. The molecule has 0 aliphatic carbocycles. The molecule has 1 aromatic carbocycles. The average molecular weight is 376 g/mol. The molecule has 0 saturated carbocycles. The van der Waals surface area contributed by atoms with E-state index in [2.05, 4.69) is 10.3 Å². The molecule has 140 valence electrons. The van der Waals surface area contributed by atoms with Crippen molar-refractivity contribution in [3.8, 4) is 0 Å². The van der Waals surface area contributed by atoms with Gasteiger partial charge in [-0.2, -0.15) is 4.31 Å². The van der Waals surface area contributed by atoms with E-state index < -0.39 is 10.0 Å². The minimum Gasteiger partial charge on any atom is -0.362 e. The van der Waals surface area contributed by atoms with E-state index in [4.69, 9.17) is 0 Å².